The molecule has 0 saturated carbocycles. The molecule has 1 fully saturated rings. The highest BCUT2D eigenvalue weighted by Crippen LogP contribution is 2.34. The first-order valence-corrected chi connectivity index (χ1v) is 12.1. The molecule has 2 aliphatic heterocycles. The molecule has 192 valence electrons. The van der Waals surface area contributed by atoms with Crippen molar-refractivity contribution in [3.8, 4) is 11.5 Å². The van der Waals surface area contributed by atoms with Crippen molar-refractivity contribution in [2.75, 3.05) is 33.9 Å². The molecule has 9 heteroatoms. The molecular weight excluding hydrogens is 448 g/mol. The van der Waals surface area contributed by atoms with Crippen LogP contribution in [0.25, 0.3) is 0 Å². The number of benzene rings is 1. The van der Waals surface area contributed by atoms with Crippen LogP contribution in [0, 0.1) is 13.8 Å². The van der Waals surface area contributed by atoms with Crippen molar-refractivity contribution in [1.82, 2.24) is 19.6 Å². The van der Waals surface area contributed by atoms with Crippen LogP contribution in [0.2, 0.25) is 0 Å². The van der Waals surface area contributed by atoms with E-state index in [4.69, 9.17) is 19.4 Å². The Balaban J connectivity index is 0.00000108. The molecule has 0 bridgehead atoms. The lowest BCUT2D eigenvalue weighted by molar-refractivity contribution is -0.132. The number of aryl methyl sites for hydroxylation is 2. The summed E-state index contributed by atoms with van der Waals surface area (Å²) in [5.41, 5.74) is 6.10. The minimum atomic E-state index is -0.250. The van der Waals surface area contributed by atoms with E-state index < -0.39 is 0 Å². The fourth-order valence-electron chi connectivity index (χ4n) is 5.27. The lowest BCUT2D eigenvalue weighted by atomic mass is 9.94. The van der Waals surface area contributed by atoms with E-state index in [2.05, 4.69) is 34.0 Å². The maximum absolute atomic E-state index is 12.8. The van der Waals surface area contributed by atoms with Gasteiger partial charge in [0.1, 0.15) is 0 Å². The summed E-state index contributed by atoms with van der Waals surface area (Å²) in [4.78, 5) is 25.8. The Kier molecular flexibility index (Phi) is 9.14. The standard InChI is InChI=1S/C25H36N4O3.CH2O2/c1-17-22(18(2)27(3)26-17)6-7-25(30)28-12-9-21(10-13-28)29-11-8-19-14-23(31-4)24(32-5)15-20(19)16-29;2-1-3/h14-15,21H,6-13,16H2,1-5H3;1H,(H,2,3). The first kappa shape index (κ1) is 26.5. The summed E-state index contributed by atoms with van der Waals surface area (Å²) >= 11 is 0. The highest BCUT2D eigenvalue weighted by molar-refractivity contribution is 5.76. The number of methoxy groups -OCH3 is 2. The fraction of sp³-hybridized carbons (Fsp3) is 0.577. The van der Waals surface area contributed by atoms with E-state index in [1.807, 2.05) is 18.7 Å². The Labute approximate surface area is 207 Å². The van der Waals surface area contributed by atoms with Crippen molar-refractivity contribution >= 4 is 12.4 Å². The van der Waals surface area contributed by atoms with Gasteiger partial charge in [0.2, 0.25) is 5.91 Å². The van der Waals surface area contributed by atoms with Gasteiger partial charge in [-0.05, 0) is 68.4 Å². The number of carboxylic acid groups (broad SMARTS) is 1. The summed E-state index contributed by atoms with van der Waals surface area (Å²) in [5.74, 6) is 1.88. The summed E-state index contributed by atoms with van der Waals surface area (Å²) in [6.45, 7) is 7.55. The van der Waals surface area contributed by atoms with E-state index >= 15 is 0 Å². The molecule has 0 atom stereocenters. The Morgan fingerprint density at radius 1 is 1.11 bits per heavy atom. The van der Waals surface area contributed by atoms with Crippen LogP contribution in [0.15, 0.2) is 12.1 Å². The highest BCUT2D eigenvalue weighted by Gasteiger charge is 2.29. The first-order chi connectivity index (χ1) is 16.8. The second-order valence-corrected chi connectivity index (χ2v) is 9.19. The molecule has 4 rings (SSSR count). The number of piperidine rings is 1. The van der Waals surface area contributed by atoms with Crippen molar-refractivity contribution in [1.29, 1.82) is 0 Å². The van der Waals surface area contributed by atoms with Crippen molar-refractivity contribution in [2.45, 2.75) is 58.5 Å². The van der Waals surface area contributed by atoms with Gasteiger partial charge in [-0.2, -0.15) is 5.10 Å². The van der Waals surface area contributed by atoms with Gasteiger partial charge in [0, 0.05) is 51.4 Å². The number of nitrogens with zero attached hydrogens (tertiary/aromatic N) is 4. The van der Waals surface area contributed by atoms with Crippen LogP contribution >= 0.6 is 0 Å². The maximum Gasteiger partial charge on any atom is 0.290 e. The van der Waals surface area contributed by atoms with Gasteiger partial charge in [0.05, 0.1) is 19.9 Å². The van der Waals surface area contributed by atoms with Crippen molar-refractivity contribution < 1.29 is 24.2 Å². The fourth-order valence-corrected chi connectivity index (χ4v) is 5.27. The molecule has 1 aromatic carbocycles. The lowest BCUT2D eigenvalue weighted by Gasteiger charge is -2.41. The zero-order valence-corrected chi connectivity index (χ0v) is 21.5. The number of aromatic nitrogens is 2. The molecule has 2 aliphatic rings. The van der Waals surface area contributed by atoms with Crippen molar-refractivity contribution in [2.24, 2.45) is 7.05 Å². The van der Waals surface area contributed by atoms with E-state index in [0.29, 0.717) is 12.5 Å². The molecule has 0 aliphatic carbocycles. The number of hydrogen-bond acceptors (Lipinski definition) is 6. The molecule has 0 unspecified atom stereocenters. The van der Waals surface area contributed by atoms with Gasteiger partial charge in [-0.3, -0.25) is 19.2 Å². The van der Waals surface area contributed by atoms with E-state index in [1.165, 1.54) is 16.7 Å². The van der Waals surface area contributed by atoms with Crippen molar-refractivity contribution in [3.63, 3.8) is 0 Å². The van der Waals surface area contributed by atoms with Crippen LogP contribution in [0.1, 0.15) is 47.3 Å². The molecule has 1 N–H and O–H groups in total. The average molecular weight is 487 g/mol. The molecule has 9 nitrogen and oxygen atoms in total. The van der Waals surface area contributed by atoms with E-state index in [9.17, 15) is 4.79 Å². The van der Waals surface area contributed by atoms with Crippen molar-refractivity contribution in [3.05, 3.63) is 40.2 Å². The van der Waals surface area contributed by atoms with E-state index in [0.717, 1.165) is 74.7 Å². The third-order valence-corrected chi connectivity index (χ3v) is 7.33. The maximum atomic E-state index is 12.8. The number of rotatable bonds is 6. The number of amides is 1. The topological polar surface area (TPSA) is 97.1 Å². The highest BCUT2D eigenvalue weighted by atomic mass is 16.5. The zero-order valence-electron chi connectivity index (χ0n) is 21.5. The van der Waals surface area contributed by atoms with Crippen LogP contribution in [0.4, 0.5) is 0 Å². The molecule has 1 saturated heterocycles. The Hall–Kier alpha value is -3.07. The lowest BCUT2D eigenvalue weighted by Crippen LogP contribution is -2.48. The van der Waals surface area contributed by atoms with Gasteiger partial charge in [-0.1, -0.05) is 0 Å². The summed E-state index contributed by atoms with van der Waals surface area (Å²) in [5, 5.41) is 11.4. The van der Waals surface area contributed by atoms with Gasteiger partial charge >= 0.3 is 0 Å². The third-order valence-electron chi connectivity index (χ3n) is 7.33. The number of ether oxygens (including phenoxy) is 2. The molecule has 0 spiro atoms. The molecule has 3 heterocycles. The van der Waals surface area contributed by atoms with E-state index in [-0.39, 0.29) is 12.4 Å². The molecule has 1 amide bonds. The Morgan fingerprint density at radius 2 is 1.71 bits per heavy atom. The molecule has 1 aromatic heterocycles. The van der Waals surface area contributed by atoms with Crippen LogP contribution in [0.5, 0.6) is 11.5 Å². The minimum absolute atomic E-state index is 0.250. The number of hydrogen-bond donors (Lipinski definition) is 1. The second kappa shape index (κ2) is 12.1. The number of carbonyl (C=O) groups is 2. The van der Waals surface area contributed by atoms with Crippen LogP contribution in [0.3, 0.4) is 0 Å². The van der Waals surface area contributed by atoms with Gasteiger partial charge in [-0.15, -0.1) is 0 Å². The summed E-state index contributed by atoms with van der Waals surface area (Å²) < 4.78 is 12.9. The predicted molar refractivity (Wildman–Crippen MR) is 133 cm³/mol. The van der Waals surface area contributed by atoms with Crippen LogP contribution < -0.4 is 9.47 Å². The molecule has 2 aromatic rings. The Bertz CT molecular complexity index is 1030. The van der Waals surface area contributed by atoms with Gasteiger partial charge in [0.15, 0.2) is 11.5 Å². The largest absolute Gasteiger partial charge is 0.493 e. The molecule has 35 heavy (non-hydrogen) atoms. The van der Waals surface area contributed by atoms with Crippen LogP contribution in [-0.2, 0) is 36.0 Å². The normalized spacial score (nSPS) is 16.2. The predicted octanol–water partition coefficient (Wildman–Crippen LogP) is 2.74. The van der Waals surface area contributed by atoms with Gasteiger partial charge < -0.3 is 19.5 Å². The summed E-state index contributed by atoms with van der Waals surface area (Å²) in [6.07, 6.45) is 4.45. The second-order valence-electron chi connectivity index (χ2n) is 9.19. The van der Waals surface area contributed by atoms with E-state index in [1.54, 1.807) is 14.2 Å². The zero-order chi connectivity index (χ0) is 25.5. The smallest absolute Gasteiger partial charge is 0.290 e. The molecular formula is C26H38N4O5. The number of carbonyl (C=O) groups excluding carboxylic acids is 1. The SMILES string of the molecule is COc1cc2c(cc1OC)CN(C1CCN(C(=O)CCc3c(C)nn(C)c3C)CC1)CC2.O=CO. The summed E-state index contributed by atoms with van der Waals surface area (Å²) in [6, 6.07) is 4.78. The number of fused-ring (bicyclic) bond motifs is 1. The molecule has 0 radical (unpaired) electrons. The van der Waals surface area contributed by atoms with Crippen LogP contribution in [-0.4, -0.2) is 77.0 Å². The van der Waals surface area contributed by atoms with Gasteiger partial charge in [0.25, 0.3) is 6.47 Å². The summed E-state index contributed by atoms with van der Waals surface area (Å²) in [7, 11) is 5.34. The quantitative estimate of drug-likeness (QED) is 0.627. The monoisotopic (exact) mass is 486 g/mol. The third kappa shape index (κ3) is 6.14. The number of likely N-dealkylation sites (tertiary alicyclic amines) is 1. The average Bonchev–Trinajstić information content (AvgIpc) is 3.12. The Morgan fingerprint density at radius 3 is 2.26 bits per heavy atom. The first-order valence-electron chi connectivity index (χ1n) is 12.1. The van der Waals surface area contributed by atoms with Gasteiger partial charge in [-0.25, -0.2) is 0 Å². The minimum Gasteiger partial charge on any atom is -0.493 e.